The zero-order valence-electron chi connectivity index (χ0n) is 10.3. The van der Waals surface area contributed by atoms with Crippen molar-refractivity contribution in [2.75, 3.05) is 6.26 Å². The van der Waals surface area contributed by atoms with Crippen LogP contribution in [-0.2, 0) is 0 Å². The summed E-state index contributed by atoms with van der Waals surface area (Å²) in [7, 11) is 0. The summed E-state index contributed by atoms with van der Waals surface area (Å²) in [5.41, 5.74) is 1.63. The molecule has 0 atom stereocenters. The van der Waals surface area contributed by atoms with Crippen LogP contribution in [0.5, 0.6) is 0 Å². The summed E-state index contributed by atoms with van der Waals surface area (Å²) >= 11 is 7.67. The number of aromatic amines is 1. The standard InChI is InChI=1S/C12H9ClN4O2S/c1-20-10-3-9-8(2-7(10)13)15-12(16-9)17-5-6(4-14-17)11(18)19/h2-5H,1H3,(H,15,16)(H,18,19). The molecule has 2 heterocycles. The van der Waals surface area contributed by atoms with Gasteiger partial charge in [0.05, 0.1) is 27.8 Å². The van der Waals surface area contributed by atoms with E-state index < -0.39 is 5.97 Å². The molecule has 0 aliphatic heterocycles. The van der Waals surface area contributed by atoms with Crippen LogP contribution >= 0.6 is 23.4 Å². The van der Waals surface area contributed by atoms with Crippen molar-refractivity contribution in [3.05, 3.63) is 35.1 Å². The molecule has 0 fully saturated rings. The number of H-pyrrole nitrogens is 1. The van der Waals surface area contributed by atoms with Gasteiger partial charge < -0.3 is 10.1 Å². The van der Waals surface area contributed by atoms with Crippen LogP contribution in [0.3, 0.4) is 0 Å². The van der Waals surface area contributed by atoms with E-state index in [1.54, 1.807) is 17.8 Å². The zero-order valence-corrected chi connectivity index (χ0v) is 11.9. The number of aromatic nitrogens is 4. The van der Waals surface area contributed by atoms with Gasteiger partial charge in [0.25, 0.3) is 0 Å². The van der Waals surface area contributed by atoms with Crippen LogP contribution in [-0.4, -0.2) is 37.1 Å². The third kappa shape index (κ3) is 2.14. The number of rotatable bonds is 3. The molecule has 20 heavy (non-hydrogen) atoms. The number of fused-ring (bicyclic) bond motifs is 1. The van der Waals surface area contributed by atoms with Gasteiger partial charge in [0.15, 0.2) is 0 Å². The highest BCUT2D eigenvalue weighted by Crippen LogP contribution is 2.29. The predicted octanol–water partition coefficient (Wildman–Crippen LogP) is 2.82. The van der Waals surface area contributed by atoms with Gasteiger partial charge in [-0.25, -0.2) is 14.5 Å². The SMILES string of the molecule is CSc1cc2[nH]c(-n3cc(C(=O)O)cn3)nc2cc1Cl. The van der Waals surface area contributed by atoms with E-state index in [1.165, 1.54) is 17.1 Å². The molecule has 0 aliphatic carbocycles. The second kappa shape index (κ2) is 4.84. The van der Waals surface area contributed by atoms with Gasteiger partial charge >= 0.3 is 5.97 Å². The molecule has 0 amide bonds. The van der Waals surface area contributed by atoms with Crippen molar-refractivity contribution in [1.29, 1.82) is 0 Å². The van der Waals surface area contributed by atoms with Crippen molar-refractivity contribution < 1.29 is 9.90 Å². The smallest absolute Gasteiger partial charge is 0.338 e. The Balaban J connectivity index is 2.10. The maximum atomic E-state index is 10.8. The highest BCUT2D eigenvalue weighted by Gasteiger charge is 2.11. The van der Waals surface area contributed by atoms with Gasteiger partial charge in [-0.1, -0.05) is 11.6 Å². The molecule has 0 bridgehead atoms. The van der Waals surface area contributed by atoms with Gasteiger partial charge in [0.1, 0.15) is 0 Å². The third-order valence-electron chi connectivity index (χ3n) is 2.79. The van der Waals surface area contributed by atoms with Gasteiger partial charge in [-0.3, -0.25) is 0 Å². The number of halogens is 1. The maximum absolute atomic E-state index is 10.8. The average Bonchev–Trinajstić information content (AvgIpc) is 3.03. The Morgan fingerprint density at radius 3 is 2.95 bits per heavy atom. The Hall–Kier alpha value is -1.99. The first-order valence-corrected chi connectivity index (χ1v) is 7.20. The molecule has 3 aromatic rings. The fourth-order valence-corrected chi connectivity index (χ4v) is 2.69. The second-order valence-electron chi connectivity index (χ2n) is 4.04. The number of aromatic carboxylic acids is 1. The summed E-state index contributed by atoms with van der Waals surface area (Å²) in [6.07, 6.45) is 4.62. The summed E-state index contributed by atoms with van der Waals surface area (Å²) in [4.78, 5) is 19.2. The number of carbonyl (C=O) groups is 1. The van der Waals surface area contributed by atoms with E-state index in [-0.39, 0.29) is 5.56 Å². The van der Waals surface area contributed by atoms with E-state index in [2.05, 4.69) is 15.1 Å². The molecule has 8 heteroatoms. The Morgan fingerprint density at radius 2 is 2.30 bits per heavy atom. The van der Waals surface area contributed by atoms with Crippen LogP contribution in [0, 0.1) is 0 Å². The first kappa shape index (κ1) is 13.0. The third-order valence-corrected chi connectivity index (χ3v) is 3.99. The summed E-state index contributed by atoms with van der Waals surface area (Å²) in [6, 6.07) is 3.67. The van der Waals surface area contributed by atoms with Crippen LogP contribution in [0.2, 0.25) is 5.02 Å². The summed E-state index contributed by atoms with van der Waals surface area (Å²) < 4.78 is 1.39. The molecule has 2 N–H and O–H groups in total. The second-order valence-corrected chi connectivity index (χ2v) is 5.30. The fourth-order valence-electron chi connectivity index (χ4n) is 1.81. The monoisotopic (exact) mass is 308 g/mol. The number of thioether (sulfide) groups is 1. The quantitative estimate of drug-likeness (QED) is 0.727. The van der Waals surface area contributed by atoms with Gasteiger partial charge in [-0.15, -0.1) is 11.8 Å². The van der Waals surface area contributed by atoms with Crippen molar-refractivity contribution in [2.45, 2.75) is 4.90 Å². The lowest BCUT2D eigenvalue weighted by Crippen LogP contribution is -1.97. The number of nitrogens with one attached hydrogen (secondary N) is 1. The number of benzene rings is 1. The summed E-state index contributed by atoms with van der Waals surface area (Å²) in [5, 5.41) is 13.5. The van der Waals surface area contributed by atoms with E-state index in [9.17, 15) is 4.79 Å². The fraction of sp³-hybridized carbons (Fsp3) is 0.0833. The number of hydrogen-bond donors (Lipinski definition) is 2. The molecular weight excluding hydrogens is 300 g/mol. The highest BCUT2D eigenvalue weighted by atomic mass is 35.5. The Morgan fingerprint density at radius 1 is 1.50 bits per heavy atom. The van der Waals surface area contributed by atoms with Crippen LogP contribution in [0.15, 0.2) is 29.4 Å². The molecule has 0 saturated carbocycles. The van der Waals surface area contributed by atoms with Crippen molar-refractivity contribution in [3.63, 3.8) is 0 Å². The van der Waals surface area contributed by atoms with Crippen molar-refractivity contribution in [2.24, 2.45) is 0 Å². The predicted molar refractivity (Wildman–Crippen MR) is 77.0 cm³/mol. The van der Waals surface area contributed by atoms with Crippen molar-refractivity contribution in [1.82, 2.24) is 19.7 Å². The Labute approximate surface area is 122 Å². The highest BCUT2D eigenvalue weighted by molar-refractivity contribution is 7.98. The Bertz CT molecular complexity index is 811. The summed E-state index contributed by atoms with van der Waals surface area (Å²) in [5.74, 6) is -0.582. The minimum absolute atomic E-state index is 0.105. The molecule has 0 spiro atoms. The molecule has 0 radical (unpaired) electrons. The van der Waals surface area contributed by atoms with Crippen molar-refractivity contribution >= 4 is 40.4 Å². The van der Waals surface area contributed by atoms with Gasteiger partial charge in [-0.05, 0) is 18.4 Å². The van der Waals surface area contributed by atoms with E-state index in [0.717, 1.165) is 10.4 Å². The maximum Gasteiger partial charge on any atom is 0.338 e. The van der Waals surface area contributed by atoms with Gasteiger partial charge in [0.2, 0.25) is 5.95 Å². The molecular formula is C12H9ClN4O2S. The lowest BCUT2D eigenvalue weighted by Gasteiger charge is -1.98. The van der Waals surface area contributed by atoms with E-state index in [0.29, 0.717) is 16.5 Å². The lowest BCUT2D eigenvalue weighted by atomic mass is 10.3. The average molecular weight is 309 g/mol. The van der Waals surface area contributed by atoms with E-state index in [1.807, 2.05) is 12.3 Å². The van der Waals surface area contributed by atoms with Gasteiger partial charge in [0, 0.05) is 11.1 Å². The molecule has 0 saturated heterocycles. The molecule has 6 nitrogen and oxygen atoms in total. The van der Waals surface area contributed by atoms with E-state index >= 15 is 0 Å². The number of nitrogens with zero attached hydrogens (tertiary/aromatic N) is 3. The van der Waals surface area contributed by atoms with Crippen LogP contribution in [0.1, 0.15) is 10.4 Å². The number of carboxylic acids is 1. The Kier molecular flexibility index (Phi) is 3.15. The number of carboxylic acid groups (broad SMARTS) is 1. The summed E-state index contributed by atoms with van der Waals surface area (Å²) in [6.45, 7) is 0. The lowest BCUT2D eigenvalue weighted by molar-refractivity contribution is 0.0697. The first-order valence-electron chi connectivity index (χ1n) is 5.60. The number of imidazole rings is 1. The topological polar surface area (TPSA) is 83.8 Å². The molecule has 1 aromatic carbocycles. The minimum Gasteiger partial charge on any atom is -0.478 e. The first-order chi connectivity index (χ1) is 9.58. The normalized spacial score (nSPS) is 11.1. The van der Waals surface area contributed by atoms with Gasteiger partial charge in [-0.2, -0.15) is 5.10 Å². The van der Waals surface area contributed by atoms with E-state index in [4.69, 9.17) is 16.7 Å². The van der Waals surface area contributed by atoms with Crippen LogP contribution < -0.4 is 0 Å². The van der Waals surface area contributed by atoms with Crippen LogP contribution in [0.4, 0.5) is 0 Å². The zero-order chi connectivity index (χ0) is 14.3. The molecule has 2 aromatic heterocycles. The molecule has 3 rings (SSSR count). The van der Waals surface area contributed by atoms with Crippen LogP contribution in [0.25, 0.3) is 17.0 Å². The number of hydrogen-bond acceptors (Lipinski definition) is 4. The van der Waals surface area contributed by atoms with Crippen molar-refractivity contribution in [3.8, 4) is 5.95 Å². The molecule has 0 unspecified atom stereocenters. The minimum atomic E-state index is -1.03. The largest absolute Gasteiger partial charge is 0.478 e. The molecule has 102 valence electrons. The molecule has 0 aliphatic rings.